The van der Waals surface area contributed by atoms with Gasteiger partial charge in [0, 0.05) is 36.1 Å². The third-order valence-corrected chi connectivity index (χ3v) is 5.08. The predicted octanol–water partition coefficient (Wildman–Crippen LogP) is 5.15. The van der Waals surface area contributed by atoms with Crippen LogP contribution in [0.4, 0.5) is 0 Å². The standard InChI is InChI=1S/C20H22Cl2N2OS2/c21-17-7-3-15(4-8-17)11-12-23-19(25)2-1-13-24(20(26)27)14-16-5-9-18(22)10-6-16/h3-10H,1-2,11-14H2,(H,23,25)(H,26,27). The first-order valence-corrected chi connectivity index (χ1v) is 10.3. The van der Waals surface area contributed by atoms with Crippen molar-refractivity contribution in [1.29, 1.82) is 0 Å². The molecule has 0 unspecified atom stereocenters. The number of amides is 1. The molecule has 2 aromatic rings. The van der Waals surface area contributed by atoms with E-state index in [0.717, 1.165) is 17.5 Å². The summed E-state index contributed by atoms with van der Waals surface area (Å²) in [6.45, 7) is 1.94. The molecule has 0 aliphatic carbocycles. The molecule has 0 bridgehead atoms. The minimum Gasteiger partial charge on any atom is -0.356 e. The molecule has 1 N–H and O–H groups in total. The van der Waals surface area contributed by atoms with Crippen LogP contribution in [0.5, 0.6) is 0 Å². The third-order valence-electron chi connectivity index (χ3n) is 4.04. The van der Waals surface area contributed by atoms with E-state index in [9.17, 15) is 4.79 Å². The van der Waals surface area contributed by atoms with Gasteiger partial charge in [-0.2, -0.15) is 0 Å². The van der Waals surface area contributed by atoms with Gasteiger partial charge in [-0.05, 0) is 48.2 Å². The SMILES string of the molecule is O=C(CCCN(Cc1ccc(Cl)cc1)C(=S)S)NCCc1ccc(Cl)cc1. The van der Waals surface area contributed by atoms with Gasteiger partial charge in [0.1, 0.15) is 4.32 Å². The van der Waals surface area contributed by atoms with E-state index in [1.165, 1.54) is 0 Å². The normalized spacial score (nSPS) is 10.5. The van der Waals surface area contributed by atoms with Crippen molar-refractivity contribution in [2.24, 2.45) is 0 Å². The van der Waals surface area contributed by atoms with E-state index in [-0.39, 0.29) is 5.91 Å². The summed E-state index contributed by atoms with van der Waals surface area (Å²) < 4.78 is 0.521. The second-order valence-electron chi connectivity index (χ2n) is 6.16. The number of thiocarbonyl (C=S) groups is 1. The molecule has 2 rings (SSSR count). The molecular weight excluding hydrogens is 419 g/mol. The molecule has 0 aromatic heterocycles. The van der Waals surface area contributed by atoms with E-state index in [0.29, 0.717) is 46.8 Å². The maximum atomic E-state index is 12.0. The number of thiol groups is 1. The van der Waals surface area contributed by atoms with E-state index in [1.54, 1.807) is 0 Å². The van der Waals surface area contributed by atoms with E-state index >= 15 is 0 Å². The summed E-state index contributed by atoms with van der Waals surface area (Å²) in [6, 6.07) is 15.3. The van der Waals surface area contributed by atoms with Crippen molar-refractivity contribution in [2.75, 3.05) is 13.1 Å². The molecule has 0 saturated carbocycles. The Hall–Kier alpha value is -1.27. The van der Waals surface area contributed by atoms with Crippen molar-refractivity contribution in [2.45, 2.75) is 25.8 Å². The lowest BCUT2D eigenvalue weighted by atomic mass is 10.1. The summed E-state index contributed by atoms with van der Waals surface area (Å²) >= 11 is 21.3. The van der Waals surface area contributed by atoms with Crippen molar-refractivity contribution in [3.05, 3.63) is 69.7 Å². The Balaban J connectivity index is 1.69. The summed E-state index contributed by atoms with van der Waals surface area (Å²) in [7, 11) is 0. The van der Waals surface area contributed by atoms with Crippen LogP contribution in [0.25, 0.3) is 0 Å². The fraction of sp³-hybridized carbons (Fsp3) is 0.300. The summed E-state index contributed by atoms with van der Waals surface area (Å²) in [5.41, 5.74) is 2.25. The summed E-state index contributed by atoms with van der Waals surface area (Å²) in [5.74, 6) is 0.0421. The van der Waals surface area contributed by atoms with Crippen molar-refractivity contribution in [3.63, 3.8) is 0 Å². The molecule has 2 aromatic carbocycles. The van der Waals surface area contributed by atoms with Gasteiger partial charge < -0.3 is 10.2 Å². The van der Waals surface area contributed by atoms with Crippen molar-refractivity contribution >= 4 is 58.3 Å². The maximum Gasteiger partial charge on any atom is 0.220 e. The molecule has 0 aliphatic heterocycles. The Morgan fingerprint density at radius 3 is 2.11 bits per heavy atom. The molecule has 0 radical (unpaired) electrons. The second kappa shape index (κ2) is 11.5. The number of nitrogens with one attached hydrogen (secondary N) is 1. The Bertz CT molecular complexity index is 752. The van der Waals surface area contributed by atoms with Crippen molar-refractivity contribution < 1.29 is 4.79 Å². The molecule has 27 heavy (non-hydrogen) atoms. The highest BCUT2D eigenvalue weighted by molar-refractivity contribution is 8.10. The van der Waals surface area contributed by atoms with Crippen LogP contribution in [-0.2, 0) is 17.8 Å². The van der Waals surface area contributed by atoms with Crippen LogP contribution in [0.3, 0.4) is 0 Å². The average molecular weight is 441 g/mol. The zero-order valence-corrected chi connectivity index (χ0v) is 18.1. The molecule has 3 nitrogen and oxygen atoms in total. The third kappa shape index (κ3) is 8.52. The maximum absolute atomic E-state index is 12.0. The van der Waals surface area contributed by atoms with Crippen LogP contribution in [0.2, 0.25) is 10.0 Å². The van der Waals surface area contributed by atoms with E-state index < -0.39 is 0 Å². The van der Waals surface area contributed by atoms with Gasteiger partial charge in [-0.25, -0.2) is 0 Å². The molecule has 7 heteroatoms. The van der Waals surface area contributed by atoms with E-state index in [1.807, 2.05) is 53.4 Å². The quantitative estimate of drug-likeness (QED) is 0.417. The van der Waals surface area contributed by atoms with E-state index in [2.05, 4.69) is 17.9 Å². The average Bonchev–Trinajstić information content (AvgIpc) is 2.64. The lowest BCUT2D eigenvalue weighted by molar-refractivity contribution is -0.121. The van der Waals surface area contributed by atoms with Crippen LogP contribution in [0.1, 0.15) is 24.0 Å². The van der Waals surface area contributed by atoms with Gasteiger partial charge in [-0.3, -0.25) is 4.79 Å². The van der Waals surface area contributed by atoms with Gasteiger partial charge >= 0.3 is 0 Å². The fourth-order valence-electron chi connectivity index (χ4n) is 2.57. The number of carbonyl (C=O) groups is 1. The monoisotopic (exact) mass is 440 g/mol. The van der Waals surface area contributed by atoms with Crippen LogP contribution in [-0.4, -0.2) is 28.2 Å². The second-order valence-corrected chi connectivity index (χ2v) is 8.15. The molecule has 0 fully saturated rings. The minimum absolute atomic E-state index is 0.0421. The Kier molecular flexibility index (Phi) is 9.42. The molecule has 1 amide bonds. The van der Waals surface area contributed by atoms with Crippen LogP contribution >= 0.6 is 48.0 Å². The largest absolute Gasteiger partial charge is 0.356 e. The number of halogens is 2. The van der Waals surface area contributed by atoms with Crippen molar-refractivity contribution in [3.8, 4) is 0 Å². The van der Waals surface area contributed by atoms with Gasteiger partial charge in [0.25, 0.3) is 0 Å². The Labute approximate surface area is 181 Å². The number of benzene rings is 2. The molecule has 0 heterocycles. The Morgan fingerprint density at radius 2 is 1.56 bits per heavy atom. The van der Waals surface area contributed by atoms with Crippen LogP contribution in [0, 0.1) is 0 Å². The zero-order valence-electron chi connectivity index (χ0n) is 14.8. The smallest absolute Gasteiger partial charge is 0.220 e. The molecule has 0 spiro atoms. The number of hydrogen-bond donors (Lipinski definition) is 2. The molecule has 0 aliphatic rings. The van der Waals surface area contributed by atoms with Gasteiger partial charge in [0.2, 0.25) is 5.91 Å². The lowest BCUT2D eigenvalue weighted by Gasteiger charge is -2.22. The number of carbonyl (C=O) groups excluding carboxylic acids is 1. The number of rotatable bonds is 9. The van der Waals surface area contributed by atoms with Crippen LogP contribution in [0.15, 0.2) is 48.5 Å². The molecule has 0 saturated heterocycles. The highest BCUT2D eigenvalue weighted by Crippen LogP contribution is 2.13. The number of hydrogen-bond acceptors (Lipinski definition) is 2. The van der Waals surface area contributed by atoms with Crippen molar-refractivity contribution in [1.82, 2.24) is 10.2 Å². The first-order valence-electron chi connectivity index (χ1n) is 8.67. The molecule has 144 valence electrons. The zero-order chi connectivity index (χ0) is 19.6. The highest BCUT2D eigenvalue weighted by Gasteiger charge is 2.09. The van der Waals surface area contributed by atoms with Crippen LogP contribution < -0.4 is 5.32 Å². The molecule has 0 atom stereocenters. The van der Waals surface area contributed by atoms with Gasteiger partial charge in [-0.15, -0.1) is 12.6 Å². The summed E-state index contributed by atoms with van der Waals surface area (Å²) in [4.78, 5) is 14.0. The van der Waals surface area contributed by atoms with Gasteiger partial charge in [0.05, 0.1) is 0 Å². The predicted molar refractivity (Wildman–Crippen MR) is 121 cm³/mol. The summed E-state index contributed by atoms with van der Waals surface area (Å²) in [5, 5.41) is 4.37. The number of nitrogens with zero attached hydrogens (tertiary/aromatic N) is 1. The lowest BCUT2D eigenvalue weighted by Crippen LogP contribution is -2.29. The fourth-order valence-corrected chi connectivity index (χ4v) is 3.15. The minimum atomic E-state index is 0.0421. The van der Waals surface area contributed by atoms with Gasteiger partial charge in [-0.1, -0.05) is 59.7 Å². The van der Waals surface area contributed by atoms with Gasteiger partial charge in [0.15, 0.2) is 0 Å². The highest BCUT2D eigenvalue weighted by atomic mass is 35.5. The molecular formula is C20H22Cl2N2OS2. The first-order chi connectivity index (χ1) is 12.9. The summed E-state index contributed by atoms with van der Waals surface area (Å²) in [6.07, 6.45) is 1.95. The first kappa shape index (κ1) is 22.0. The van der Waals surface area contributed by atoms with E-state index in [4.69, 9.17) is 35.4 Å². The Morgan fingerprint density at radius 1 is 1.00 bits per heavy atom. The topological polar surface area (TPSA) is 32.3 Å².